The molecule has 4 heteroatoms. The summed E-state index contributed by atoms with van der Waals surface area (Å²) in [6, 6.07) is 1.80. The van der Waals surface area contributed by atoms with Crippen LogP contribution in [0, 0.1) is 5.92 Å². The van der Waals surface area contributed by atoms with E-state index in [1.807, 2.05) is 0 Å². The maximum Gasteiger partial charge on any atom is 0.141 e. The van der Waals surface area contributed by atoms with E-state index in [9.17, 15) is 0 Å². The first-order valence-corrected chi connectivity index (χ1v) is 4.90. The van der Waals surface area contributed by atoms with Gasteiger partial charge in [-0.05, 0) is 24.9 Å². The molecule has 1 aromatic heterocycles. The van der Waals surface area contributed by atoms with Crippen molar-refractivity contribution in [3.05, 3.63) is 24.3 Å². The van der Waals surface area contributed by atoms with Gasteiger partial charge in [-0.25, -0.2) is 9.97 Å². The summed E-state index contributed by atoms with van der Waals surface area (Å²) in [6.07, 6.45) is 4.31. The fourth-order valence-corrected chi connectivity index (χ4v) is 1.17. The van der Waals surface area contributed by atoms with Crippen molar-refractivity contribution in [1.29, 1.82) is 0 Å². The second-order valence-corrected chi connectivity index (χ2v) is 3.41. The zero-order valence-electron chi connectivity index (χ0n) is 8.48. The molecule has 1 heterocycles. The van der Waals surface area contributed by atoms with Crippen LogP contribution in [0.3, 0.4) is 0 Å². The zero-order chi connectivity index (χ0) is 10.2. The number of nitrogens with one attached hydrogen (secondary N) is 1. The molecule has 0 aliphatic carbocycles. The van der Waals surface area contributed by atoms with Crippen molar-refractivity contribution >= 4 is 0 Å². The highest BCUT2D eigenvalue weighted by atomic mass is 16.3. The van der Waals surface area contributed by atoms with Crippen LogP contribution in [0.2, 0.25) is 0 Å². The van der Waals surface area contributed by atoms with Crippen LogP contribution in [0.4, 0.5) is 0 Å². The molecule has 1 aromatic rings. The minimum absolute atomic E-state index is 0.255. The molecule has 0 aromatic carbocycles. The fourth-order valence-electron chi connectivity index (χ4n) is 1.17. The molecule has 1 unspecified atom stereocenters. The van der Waals surface area contributed by atoms with Gasteiger partial charge in [0.1, 0.15) is 5.82 Å². The van der Waals surface area contributed by atoms with Gasteiger partial charge in [-0.3, -0.25) is 0 Å². The summed E-state index contributed by atoms with van der Waals surface area (Å²) in [5, 5.41) is 12.0. The van der Waals surface area contributed by atoms with Crippen molar-refractivity contribution in [2.45, 2.75) is 19.9 Å². The smallest absolute Gasteiger partial charge is 0.141 e. The molecular formula is C10H17N3O. The number of aromatic nitrogens is 2. The number of hydrogen-bond donors (Lipinski definition) is 2. The van der Waals surface area contributed by atoms with Crippen LogP contribution >= 0.6 is 0 Å². The Hall–Kier alpha value is -1.00. The molecule has 0 amide bonds. The van der Waals surface area contributed by atoms with Crippen LogP contribution in [0.1, 0.15) is 19.2 Å². The molecule has 4 nitrogen and oxygen atoms in total. The van der Waals surface area contributed by atoms with Gasteiger partial charge in [-0.2, -0.15) is 0 Å². The topological polar surface area (TPSA) is 58.0 Å². The summed E-state index contributed by atoms with van der Waals surface area (Å²) in [7, 11) is 0. The van der Waals surface area contributed by atoms with Gasteiger partial charge < -0.3 is 10.4 Å². The van der Waals surface area contributed by atoms with Gasteiger partial charge in [0.15, 0.2) is 0 Å². The Balaban J connectivity index is 2.16. The third-order valence-electron chi connectivity index (χ3n) is 2.02. The summed E-state index contributed by atoms with van der Waals surface area (Å²) >= 11 is 0. The summed E-state index contributed by atoms with van der Waals surface area (Å²) in [4.78, 5) is 8.20. The molecule has 14 heavy (non-hydrogen) atoms. The van der Waals surface area contributed by atoms with Gasteiger partial charge in [-0.15, -0.1) is 0 Å². The van der Waals surface area contributed by atoms with Gasteiger partial charge in [0, 0.05) is 19.0 Å². The van der Waals surface area contributed by atoms with Crippen LogP contribution in [-0.4, -0.2) is 28.2 Å². The average Bonchev–Trinajstić information content (AvgIpc) is 2.20. The molecule has 1 rings (SSSR count). The lowest BCUT2D eigenvalue weighted by Gasteiger charge is -2.09. The molecule has 0 radical (unpaired) electrons. The second-order valence-electron chi connectivity index (χ2n) is 3.41. The van der Waals surface area contributed by atoms with E-state index in [0.29, 0.717) is 12.5 Å². The molecule has 0 saturated carbocycles. The van der Waals surface area contributed by atoms with E-state index in [4.69, 9.17) is 5.11 Å². The molecule has 0 aliphatic heterocycles. The van der Waals surface area contributed by atoms with Crippen molar-refractivity contribution < 1.29 is 5.11 Å². The molecule has 2 N–H and O–H groups in total. The molecule has 0 spiro atoms. The standard InChI is InChI=1S/C10H17N3O/c1-9(3-6-14)7-11-8-10-12-4-2-5-13-10/h2,4-5,9,11,14H,3,6-8H2,1H3. The van der Waals surface area contributed by atoms with E-state index >= 15 is 0 Å². The largest absolute Gasteiger partial charge is 0.396 e. The molecule has 0 aliphatic rings. The number of hydrogen-bond acceptors (Lipinski definition) is 4. The lowest BCUT2D eigenvalue weighted by atomic mass is 10.1. The first kappa shape index (κ1) is 11.1. The highest BCUT2D eigenvalue weighted by molar-refractivity contribution is 4.87. The summed E-state index contributed by atoms with van der Waals surface area (Å²) in [6.45, 7) is 3.94. The lowest BCUT2D eigenvalue weighted by molar-refractivity contribution is 0.260. The Bertz CT molecular complexity index is 240. The maximum absolute atomic E-state index is 8.70. The normalized spacial score (nSPS) is 12.7. The maximum atomic E-state index is 8.70. The van der Waals surface area contributed by atoms with Gasteiger partial charge in [0.2, 0.25) is 0 Å². The predicted molar refractivity (Wildman–Crippen MR) is 54.6 cm³/mol. The molecule has 78 valence electrons. The van der Waals surface area contributed by atoms with Gasteiger partial charge in [0.05, 0.1) is 6.54 Å². The Morgan fingerprint density at radius 3 is 2.79 bits per heavy atom. The SMILES string of the molecule is CC(CCO)CNCc1ncccn1. The Morgan fingerprint density at radius 2 is 2.14 bits per heavy atom. The monoisotopic (exact) mass is 195 g/mol. The first-order valence-electron chi connectivity index (χ1n) is 4.90. The molecule has 1 atom stereocenters. The van der Waals surface area contributed by atoms with Crippen LogP contribution < -0.4 is 5.32 Å². The van der Waals surface area contributed by atoms with Crippen molar-refractivity contribution in [3.63, 3.8) is 0 Å². The number of nitrogens with zero attached hydrogens (tertiary/aromatic N) is 2. The van der Waals surface area contributed by atoms with Crippen molar-refractivity contribution in [3.8, 4) is 0 Å². The fraction of sp³-hybridized carbons (Fsp3) is 0.600. The van der Waals surface area contributed by atoms with Gasteiger partial charge in [0.25, 0.3) is 0 Å². The van der Waals surface area contributed by atoms with Crippen LogP contribution in [-0.2, 0) is 6.54 Å². The second kappa shape index (κ2) is 6.45. The molecule has 0 fully saturated rings. The average molecular weight is 195 g/mol. The van der Waals surface area contributed by atoms with E-state index in [1.54, 1.807) is 18.5 Å². The van der Waals surface area contributed by atoms with E-state index in [2.05, 4.69) is 22.2 Å². The predicted octanol–water partition coefficient (Wildman–Crippen LogP) is 0.585. The number of rotatable bonds is 6. The summed E-state index contributed by atoms with van der Waals surface area (Å²) in [5.41, 5.74) is 0. The van der Waals surface area contributed by atoms with E-state index in [1.165, 1.54) is 0 Å². The van der Waals surface area contributed by atoms with Crippen LogP contribution in [0.25, 0.3) is 0 Å². The van der Waals surface area contributed by atoms with Gasteiger partial charge >= 0.3 is 0 Å². The van der Waals surface area contributed by atoms with Crippen molar-refractivity contribution in [1.82, 2.24) is 15.3 Å². The Kier molecular flexibility index (Phi) is 5.11. The lowest BCUT2D eigenvalue weighted by Crippen LogP contribution is -2.22. The number of aliphatic hydroxyl groups is 1. The quantitative estimate of drug-likeness (QED) is 0.697. The minimum atomic E-state index is 0.255. The highest BCUT2D eigenvalue weighted by Gasteiger charge is 2.00. The highest BCUT2D eigenvalue weighted by Crippen LogP contribution is 1.98. The molecular weight excluding hydrogens is 178 g/mol. The van der Waals surface area contributed by atoms with Crippen LogP contribution in [0.15, 0.2) is 18.5 Å². The molecule has 0 saturated heterocycles. The van der Waals surface area contributed by atoms with E-state index in [0.717, 1.165) is 18.8 Å². The summed E-state index contributed by atoms with van der Waals surface area (Å²) in [5.74, 6) is 1.30. The molecule has 0 bridgehead atoms. The van der Waals surface area contributed by atoms with Crippen molar-refractivity contribution in [2.24, 2.45) is 5.92 Å². The number of aliphatic hydroxyl groups excluding tert-OH is 1. The summed E-state index contributed by atoms with van der Waals surface area (Å²) < 4.78 is 0. The third-order valence-corrected chi connectivity index (χ3v) is 2.02. The van der Waals surface area contributed by atoms with E-state index < -0.39 is 0 Å². The zero-order valence-corrected chi connectivity index (χ0v) is 8.48. The Labute approximate surface area is 84.4 Å². The Morgan fingerprint density at radius 1 is 1.43 bits per heavy atom. The van der Waals surface area contributed by atoms with Gasteiger partial charge in [-0.1, -0.05) is 6.92 Å². The van der Waals surface area contributed by atoms with Crippen LogP contribution in [0.5, 0.6) is 0 Å². The first-order chi connectivity index (χ1) is 6.83. The van der Waals surface area contributed by atoms with E-state index in [-0.39, 0.29) is 6.61 Å². The third kappa shape index (κ3) is 4.30. The van der Waals surface area contributed by atoms with Crippen molar-refractivity contribution in [2.75, 3.05) is 13.2 Å². The minimum Gasteiger partial charge on any atom is -0.396 e.